The van der Waals surface area contributed by atoms with Crippen LogP contribution in [-0.2, 0) is 17.4 Å². The summed E-state index contributed by atoms with van der Waals surface area (Å²) in [7, 11) is 1.59. The molecular weight excluding hydrogens is 473 g/mol. The van der Waals surface area contributed by atoms with E-state index in [1.165, 1.54) is 17.0 Å². The third-order valence-corrected chi connectivity index (χ3v) is 5.78. The first-order chi connectivity index (χ1) is 17.2. The maximum absolute atomic E-state index is 12.9. The summed E-state index contributed by atoms with van der Waals surface area (Å²) in [5, 5.41) is 23.3. The molecule has 190 valence electrons. The van der Waals surface area contributed by atoms with Gasteiger partial charge in [0.05, 0.1) is 31.0 Å². The second-order valence-electron chi connectivity index (χ2n) is 8.15. The van der Waals surface area contributed by atoms with Crippen LogP contribution in [0.3, 0.4) is 0 Å². The lowest BCUT2D eigenvalue weighted by molar-refractivity contribution is -0.137. The van der Waals surface area contributed by atoms with Crippen LogP contribution in [0.15, 0.2) is 53.5 Å². The summed E-state index contributed by atoms with van der Waals surface area (Å²) in [6.45, 7) is 0.832. The Balaban J connectivity index is 1.74. The molecule has 0 spiro atoms. The maximum Gasteiger partial charge on any atom is 0.416 e. The fourth-order valence-corrected chi connectivity index (χ4v) is 3.90. The van der Waals surface area contributed by atoms with E-state index in [-0.39, 0.29) is 29.7 Å². The van der Waals surface area contributed by atoms with Gasteiger partial charge in [0.15, 0.2) is 6.19 Å². The first-order valence-electron chi connectivity index (χ1n) is 11.3. The van der Waals surface area contributed by atoms with E-state index in [0.717, 1.165) is 23.4 Å². The molecule has 1 unspecified atom stereocenters. The zero-order valence-corrected chi connectivity index (χ0v) is 19.7. The van der Waals surface area contributed by atoms with Crippen LogP contribution in [0.5, 0.6) is 5.75 Å². The number of carbonyl (C=O) groups is 1. The molecule has 36 heavy (non-hydrogen) atoms. The number of rotatable bonds is 9. The number of carbonyl (C=O) groups excluding carboxylic acids is 1. The van der Waals surface area contributed by atoms with E-state index >= 15 is 0 Å². The van der Waals surface area contributed by atoms with Crippen molar-refractivity contribution in [2.24, 2.45) is 4.99 Å². The number of hydrogen-bond donors (Lipinski definition) is 3. The van der Waals surface area contributed by atoms with Gasteiger partial charge in [-0.1, -0.05) is 24.3 Å². The molecule has 0 aromatic heterocycles. The van der Waals surface area contributed by atoms with Gasteiger partial charge in [0, 0.05) is 19.5 Å². The van der Waals surface area contributed by atoms with Crippen molar-refractivity contribution >= 4 is 17.6 Å². The van der Waals surface area contributed by atoms with Crippen molar-refractivity contribution in [3.63, 3.8) is 0 Å². The number of alkyl halides is 3. The van der Waals surface area contributed by atoms with Crippen molar-refractivity contribution < 1.29 is 22.7 Å². The summed E-state index contributed by atoms with van der Waals surface area (Å²) in [5.74, 6) is 0.765. The van der Waals surface area contributed by atoms with E-state index in [1.807, 2.05) is 30.5 Å². The molecule has 8 nitrogen and oxygen atoms in total. The lowest BCUT2D eigenvalue weighted by Gasteiger charge is -2.27. The zero-order chi connectivity index (χ0) is 26.1. The average Bonchev–Trinajstić information content (AvgIpc) is 3.29. The predicted octanol–water partition coefficient (Wildman–Crippen LogP) is 3.33. The zero-order valence-electron chi connectivity index (χ0n) is 19.7. The first-order valence-corrected chi connectivity index (χ1v) is 11.3. The number of nitriles is 1. The highest BCUT2D eigenvalue weighted by molar-refractivity contribution is 6.04. The van der Waals surface area contributed by atoms with Crippen molar-refractivity contribution in [3.05, 3.63) is 65.2 Å². The van der Waals surface area contributed by atoms with Crippen LogP contribution in [0.25, 0.3) is 0 Å². The first kappa shape index (κ1) is 26.5. The third-order valence-electron chi connectivity index (χ3n) is 5.78. The smallest absolute Gasteiger partial charge is 0.416 e. The quantitative estimate of drug-likeness (QED) is 0.212. The minimum atomic E-state index is -4.48. The van der Waals surface area contributed by atoms with E-state index in [9.17, 15) is 18.0 Å². The molecule has 1 heterocycles. The molecule has 3 rings (SSSR count). The highest BCUT2D eigenvalue weighted by Gasteiger charge is 2.33. The Morgan fingerprint density at radius 3 is 2.64 bits per heavy atom. The van der Waals surface area contributed by atoms with E-state index in [1.54, 1.807) is 7.11 Å². The highest BCUT2D eigenvalue weighted by Crippen LogP contribution is 2.29. The fourth-order valence-electron chi connectivity index (χ4n) is 3.90. The summed E-state index contributed by atoms with van der Waals surface area (Å²) < 4.78 is 44.0. The van der Waals surface area contributed by atoms with Crippen molar-refractivity contribution in [2.75, 3.05) is 26.7 Å². The molecule has 3 N–H and O–H groups in total. The molecule has 0 saturated carbocycles. The third kappa shape index (κ3) is 6.97. The summed E-state index contributed by atoms with van der Waals surface area (Å²) in [5.41, 5.74) is 0.452. The predicted molar refractivity (Wildman–Crippen MR) is 129 cm³/mol. The number of aliphatic imine (C=N–C) groups is 1. The summed E-state index contributed by atoms with van der Waals surface area (Å²) in [6, 6.07) is 11.1. The number of guanidine groups is 1. The molecule has 0 bridgehead atoms. The molecule has 1 fully saturated rings. The molecule has 1 aliphatic heterocycles. The van der Waals surface area contributed by atoms with Gasteiger partial charge in [-0.05, 0) is 48.2 Å². The van der Waals surface area contributed by atoms with Crippen LogP contribution >= 0.6 is 0 Å². The molecule has 1 amide bonds. The van der Waals surface area contributed by atoms with E-state index in [0.29, 0.717) is 32.4 Å². The van der Waals surface area contributed by atoms with E-state index in [2.05, 4.69) is 15.6 Å². The number of halogens is 3. The maximum atomic E-state index is 12.9. The summed E-state index contributed by atoms with van der Waals surface area (Å²) >= 11 is 0. The second-order valence-corrected chi connectivity index (χ2v) is 8.15. The van der Waals surface area contributed by atoms with Gasteiger partial charge in [-0.15, -0.1) is 0 Å². The molecule has 1 aliphatic rings. The largest absolute Gasteiger partial charge is 0.497 e. The van der Waals surface area contributed by atoms with Gasteiger partial charge in [0.25, 0.3) is 0 Å². The Labute approximate surface area is 207 Å². The van der Waals surface area contributed by atoms with E-state index < -0.39 is 17.8 Å². The van der Waals surface area contributed by atoms with Gasteiger partial charge in [0.2, 0.25) is 11.9 Å². The average molecular weight is 501 g/mol. The standard InChI is InChI=1S/C25H27F3N6O2/c1-36-20-5-2-4-17(14-20)11-12-31-24(33-16-29)32-15-21(34-13-3-6-22(34)35)23(30)18-7-9-19(10-8-18)25(26,27)28/h2,4-5,7-10,14,21,30H,3,6,11-13,15H2,1H3,(H2,31,32,33). The highest BCUT2D eigenvalue weighted by atomic mass is 19.4. The van der Waals surface area contributed by atoms with Crippen LogP contribution in [0.2, 0.25) is 0 Å². The number of nitrogens with zero attached hydrogens (tertiary/aromatic N) is 3. The number of methoxy groups -OCH3 is 1. The van der Waals surface area contributed by atoms with Crippen LogP contribution in [-0.4, -0.2) is 55.3 Å². The minimum absolute atomic E-state index is 0.0181. The van der Waals surface area contributed by atoms with Crippen molar-refractivity contribution in [1.29, 1.82) is 10.7 Å². The number of hydrogen-bond acceptors (Lipinski definition) is 5. The number of amides is 1. The number of nitrogens with one attached hydrogen (secondary N) is 3. The molecule has 2 aromatic rings. The monoisotopic (exact) mass is 500 g/mol. The topological polar surface area (TPSA) is 114 Å². The van der Waals surface area contributed by atoms with Gasteiger partial charge in [-0.3, -0.25) is 10.1 Å². The van der Waals surface area contributed by atoms with Gasteiger partial charge in [-0.25, -0.2) is 4.99 Å². The normalized spacial score (nSPS) is 14.8. The minimum Gasteiger partial charge on any atom is -0.497 e. The summed E-state index contributed by atoms with van der Waals surface area (Å²) in [4.78, 5) is 18.3. The number of benzene rings is 2. The van der Waals surface area contributed by atoms with Crippen LogP contribution in [0, 0.1) is 16.9 Å². The molecule has 1 atom stereocenters. The second kappa shape index (κ2) is 12.1. The van der Waals surface area contributed by atoms with Crippen LogP contribution < -0.4 is 15.4 Å². The van der Waals surface area contributed by atoms with Crippen LogP contribution in [0.4, 0.5) is 13.2 Å². The van der Waals surface area contributed by atoms with Gasteiger partial charge < -0.3 is 20.4 Å². The molecule has 2 aromatic carbocycles. The Kier molecular flexibility index (Phi) is 8.89. The Morgan fingerprint density at radius 2 is 2.03 bits per heavy atom. The fraction of sp³-hybridized carbons (Fsp3) is 0.360. The van der Waals surface area contributed by atoms with Crippen molar-refractivity contribution in [1.82, 2.24) is 15.5 Å². The van der Waals surface area contributed by atoms with Crippen LogP contribution in [0.1, 0.15) is 29.5 Å². The number of ether oxygens (including phenoxy) is 1. The number of likely N-dealkylation sites (tertiary alicyclic amines) is 1. The lowest BCUT2D eigenvalue weighted by Crippen LogP contribution is -2.45. The molecule has 0 aliphatic carbocycles. The van der Waals surface area contributed by atoms with Crippen molar-refractivity contribution in [3.8, 4) is 11.9 Å². The van der Waals surface area contributed by atoms with Crippen molar-refractivity contribution in [2.45, 2.75) is 31.5 Å². The van der Waals surface area contributed by atoms with E-state index in [4.69, 9.17) is 15.4 Å². The Bertz CT molecular complexity index is 1140. The lowest BCUT2D eigenvalue weighted by atomic mass is 10.0. The molecule has 11 heteroatoms. The Hall–Kier alpha value is -4.07. The van der Waals surface area contributed by atoms with Gasteiger partial charge in [-0.2, -0.15) is 18.4 Å². The summed E-state index contributed by atoms with van der Waals surface area (Å²) in [6.07, 6.45) is -1.08. The Morgan fingerprint density at radius 1 is 1.28 bits per heavy atom. The van der Waals surface area contributed by atoms with Gasteiger partial charge in [0.1, 0.15) is 5.75 Å². The molecular formula is C25H27F3N6O2. The molecule has 1 saturated heterocycles. The SMILES string of the molecule is COc1cccc(CCNC(=NCC(C(=N)c2ccc(C(F)(F)F)cc2)N2CCCC2=O)NC#N)c1. The molecule has 0 radical (unpaired) electrons. The van der Waals surface area contributed by atoms with Gasteiger partial charge >= 0.3 is 6.18 Å².